The number of nitrogens with zero attached hydrogens (tertiary/aromatic N) is 2. The predicted molar refractivity (Wildman–Crippen MR) is 82.9 cm³/mol. The van der Waals surface area contributed by atoms with Gasteiger partial charge in [0.1, 0.15) is 0 Å². The van der Waals surface area contributed by atoms with Gasteiger partial charge in [0.05, 0.1) is 22.9 Å². The summed E-state index contributed by atoms with van der Waals surface area (Å²) in [6.07, 6.45) is 1.60. The Bertz CT molecular complexity index is 766. The Morgan fingerprint density at radius 2 is 1.90 bits per heavy atom. The molecule has 0 saturated carbocycles. The van der Waals surface area contributed by atoms with Crippen molar-refractivity contribution in [2.24, 2.45) is 0 Å². The monoisotopic (exact) mass is 329 g/mol. The molecule has 4 nitrogen and oxygen atoms in total. The van der Waals surface area contributed by atoms with Crippen LogP contribution in [0, 0.1) is 6.92 Å². The van der Waals surface area contributed by atoms with Gasteiger partial charge in [0.25, 0.3) is 0 Å². The molecule has 100 valence electrons. The van der Waals surface area contributed by atoms with Crippen molar-refractivity contribution in [3.63, 3.8) is 0 Å². The van der Waals surface area contributed by atoms with Crippen LogP contribution in [0.4, 0.5) is 5.69 Å². The maximum atomic E-state index is 5.98. The van der Waals surface area contributed by atoms with Crippen LogP contribution in [0.1, 0.15) is 5.56 Å². The van der Waals surface area contributed by atoms with Crippen LogP contribution < -0.4 is 10.5 Å². The molecule has 0 spiro atoms. The van der Waals surface area contributed by atoms with E-state index in [0.717, 1.165) is 21.1 Å². The minimum atomic E-state index is 0.431. The van der Waals surface area contributed by atoms with E-state index in [-0.39, 0.29) is 0 Å². The van der Waals surface area contributed by atoms with Crippen molar-refractivity contribution in [3.05, 3.63) is 52.6 Å². The molecule has 20 heavy (non-hydrogen) atoms. The van der Waals surface area contributed by atoms with Crippen molar-refractivity contribution in [2.75, 3.05) is 5.73 Å². The largest absolute Gasteiger partial charge is 0.435 e. The first-order valence-electron chi connectivity index (χ1n) is 6.09. The summed E-state index contributed by atoms with van der Waals surface area (Å²) in [4.78, 5) is 8.74. The zero-order valence-corrected chi connectivity index (χ0v) is 12.4. The smallest absolute Gasteiger partial charge is 0.238 e. The third kappa shape index (κ3) is 2.44. The van der Waals surface area contributed by atoms with E-state index in [2.05, 4.69) is 25.9 Å². The van der Waals surface area contributed by atoms with Crippen LogP contribution in [-0.2, 0) is 0 Å². The zero-order valence-electron chi connectivity index (χ0n) is 10.8. The van der Waals surface area contributed by atoms with Crippen LogP contribution in [0.25, 0.3) is 11.0 Å². The van der Waals surface area contributed by atoms with Gasteiger partial charge in [0.15, 0.2) is 5.75 Å². The van der Waals surface area contributed by atoms with E-state index in [1.54, 1.807) is 12.3 Å². The first-order chi connectivity index (χ1) is 9.63. The van der Waals surface area contributed by atoms with Crippen LogP contribution in [0.15, 0.2) is 47.1 Å². The van der Waals surface area contributed by atoms with E-state index in [0.29, 0.717) is 17.3 Å². The molecule has 0 radical (unpaired) electrons. The van der Waals surface area contributed by atoms with E-state index >= 15 is 0 Å². The molecular formula is C15H12BrN3O. The Labute approximate surface area is 124 Å². The van der Waals surface area contributed by atoms with Gasteiger partial charge < -0.3 is 10.5 Å². The second-order valence-corrected chi connectivity index (χ2v) is 5.36. The predicted octanol–water partition coefficient (Wildman–Crippen LogP) is 4.08. The summed E-state index contributed by atoms with van der Waals surface area (Å²) in [5, 5.41) is 0. The molecule has 2 aromatic carbocycles. The molecule has 0 unspecified atom stereocenters. The number of para-hydroxylation sites is 2. The summed E-state index contributed by atoms with van der Waals surface area (Å²) >= 11 is 3.40. The Hall–Kier alpha value is -2.14. The Morgan fingerprint density at radius 3 is 2.65 bits per heavy atom. The van der Waals surface area contributed by atoms with Gasteiger partial charge >= 0.3 is 0 Å². The third-order valence-corrected chi connectivity index (χ3v) is 3.36. The molecule has 0 amide bonds. The van der Waals surface area contributed by atoms with Crippen molar-refractivity contribution < 1.29 is 4.74 Å². The lowest BCUT2D eigenvalue weighted by Crippen LogP contribution is -1.97. The van der Waals surface area contributed by atoms with Crippen LogP contribution in [0.5, 0.6) is 11.6 Å². The van der Waals surface area contributed by atoms with E-state index in [9.17, 15) is 0 Å². The first-order valence-corrected chi connectivity index (χ1v) is 6.88. The van der Waals surface area contributed by atoms with Crippen LogP contribution in [0.2, 0.25) is 0 Å². The number of halogens is 1. The van der Waals surface area contributed by atoms with E-state index in [1.165, 1.54) is 0 Å². The first kappa shape index (κ1) is 12.9. The number of hydrogen-bond acceptors (Lipinski definition) is 4. The fraction of sp³-hybridized carbons (Fsp3) is 0.0667. The minimum absolute atomic E-state index is 0.431. The number of nitrogen functional groups attached to an aromatic ring is 1. The second-order valence-electron chi connectivity index (χ2n) is 4.44. The lowest BCUT2D eigenvalue weighted by Gasteiger charge is -2.11. The summed E-state index contributed by atoms with van der Waals surface area (Å²) in [5.74, 6) is 1.04. The van der Waals surface area contributed by atoms with Gasteiger partial charge in [-0.25, -0.2) is 9.97 Å². The quantitative estimate of drug-likeness (QED) is 0.720. The zero-order chi connectivity index (χ0) is 14.1. The summed E-state index contributed by atoms with van der Waals surface area (Å²) in [6.45, 7) is 1.94. The Kier molecular flexibility index (Phi) is 3.28. The number of hydrogen-bond donors (Lipinski definition) is 1. The summed E-state index contributed by atoms with van der Waals surface area (Å²) in [6, 6.07) is 11.4. The van der Waals surface area contributed by atoms with Crippen molar-refractivity contribution in [2.45, 2.75) is 6.92 Å². The topological polar surface area (TPSA) is 61.0 Å². The molecule has 0 bridgehead atoms. The second kappa shape index (κ2) is 5.09. The van der Waals surface area contributed by atoms with E-state index in [1.807, 2.05) is 37.3 Å². The van der Waals surface area contributed by atoms with Crippen molar-refractivity contribution in [1.29, 1.82) is 0 Å². The highest BCUT2D eigenvalue weighted by Gasteiger charge is 2.09. The van der Waals surface area contributed by atoms with Crippen molar-refractivity contribution in [1.82, 2.24) is 9.97 Å². The number of benzene rings is 2. The standard InChI is InChI=1S/C15H12BrN3O/c1-9-6-10(16)7-11(17)15(9)20-14-8-18-12-4-2-3-5-13(12)19-14/h2-8H,17H2,1H3. The Balaban J connectivity index is 2.01. The fourth-order valence-electron chi connectivity index (χ4n) is 1.99. The van der Waals surface area contributed by atoms with Crippen LogP contribution in [0.3, 0.4) is 0 Å². The molecule has 1 aromatic heterocycles. The van der Waals surface area contributed by atoms with Crippen molar-refractivity contribution >= 4 is 32.7 Å². The molecule has 0 fully saturated rings. The molecule has 3 aromatic rings. The Morgan fingerprint density at radius 1 is 1.15 bits per heavy atom. The minimum Gasteiger partial charge on any atom is -0.435 e. The third-order valence-electron chi connectivity index (χ3n) is 2.90. The maximum absolute atomic E-state index is 5.98. The average molecular weight is 330 g/mol. The van der Waals surface area contributed by atoms with Gasteiger partial charge in [-0.05, 0) is 36.8 Å². The maximum Gasteiger partial charge on any atom is 0.238 e. The van der Waals surface area contributed by atoms with Gasteiger partial charge in [0, 0.05) is 4.47 Å². The van der Waals surface area contributed by atoms with Crippen LogP contribution in [-0.4, -0.2) is 9.97 Å². The normalized spacial score (nSPS) is 10.7. The molecule has 0 saturated heterocycles. The highest BCUT2D eigenvalue weighted by atomic mass is 79.9. The van der Waals surface area contributed by atoms with Crippen molar-refractivity contribution in [3.8, 4) is 11.6 Å². The molecule has 0 aliphatic heterocycles. The van der Waals surface area contributed by atoms with Gasteiger partial charge in [-0.3, -0.25) is 0 Å². The molecule has 1 heterocycles. The molecule has 2 N–H and O–H groups in total. The lowest BCUT2D eigenvalue weighted by molar-refractivity contribution is 0.461. The summed E-state index contributed by atoms with van der Waals surface area (Å²) in [7, 11) is 0. The number of rotatable bonds is 2. The highest BCUT2D eigenvalue weighted by molar-refractivity contribution is 9.10. The molecule has 0 aliphatic rings. The average Bonchev–Trinajstić information content (AvgIpc) is 2.42. The molecule has 0 atom stereocenters. The summed E-state index contributed by atoms with van der Waals surface area (Å²) in [5.41, 5.74) is 9.10. The molecular weight excluding hydrogens is 318 g/mol. The number of aromatic nitrogens is 2. The molecule has 0 aliphatic carbocycles. The van der Waals surface area contributed by atoms with Gasteiger partial charge in [-0.2, -0.15) is 0 Å². The summed E-state index contributed by atoms with van der Waals surface area (Å²) < 4.78 is 6.70. The van der Waals surface area contributed by atoms with Crippen LogP contribution >= 0.6 is 15.9 Å². The lowest BCUT2D eigenvalue weighted by atomic mass is 10.2. The molecule has 3 rings (SSSR count). The van der Waals surface area contributed by atoms with Gasteiger partial charge in [-0.1, -0.05) is 28.1 Å². The van der Waals surface area contributed by atoms with E-state index in [4.69, 9.17) is 10.5 Å². The van der Waals surface area contributed by atoms with Gasteiger partial charge in [-0.15, -0.1) is 0 Å². The number of fused-ring (bicyclic) bond motifs is 1. The fourth-order valence-corrected chi connectivity index (χ4v) is 2.58. The number of aryl methyl sites for hydroxylation is 1. The van der Waals surface area contributed by atoms with E-state index < -0.39 is 0 Å². The van der Waals surface area contributed by atoms with Gasteiger partial charge in [0.2, 0.25) is 5.88 Å². The highest BCUT2D eigenvalue weighted by Crippen LogP contribution is 2.33. The number of nitrogens with two attached hydrogens (primary N) is 1. The number of anilines is 1. The molecule has 5 heteroatoms. The SMILES string of the molecule is Cc1cc(Br)cc(N)c1Oc1cnc2ccccc2n1. The number of ether oxygens (including phenoxy) is 1.